The van der Waals surface area contributed by atoms with E-state index in [4.69, 9.17) is 27.8 Å². The zero-order valence-electron chi connectivity index (χ0n) is 19.8. The van der Waals surface area contributed by atoms with Gasteiger partial charge in [-0.05, 0) is 76.2 Å². The number of phenols is 1. The van der Waals surface area contributed by atoms with Gasteiger partial charge in [0.25, 0.3) is 0 Å². The van der Waals surface area contributed by atoms with Gasteiger partial charge in [-0.3, -0.25) is 0 Å². The number of aliphatic hydroxyl groups excluding tert-OH is 1. The highest BCUT2D eigenvalue weighted by atomic mass is 16.5. The lowest BCUT2D eigenvalue weighted by atomic mass is 10.1. The molecule has 0 atom stereocenters. The Morgan fingerprint density at radius 1 is 0.818 bits per heavy atom. The van der Waals surface area contributed by atoms with Gasteiger partial charge < -0.3 is 24.7 Å². The van der Waals surface area contributed by atoms with E-state index in [1.807, 2.05) is 24.3 Å². The highest BCUT2D eigenvalue weighted by Gasteiger charge is 2.17. The molecule has 0 unspecified atom stereocenters. The van der Waals surface area contributed by atoms with Gasteiger partial charge in [0, 0.05) is 37.3 Å². The van der Waals surface area contributed by atoms with E-state index in [9.17, 15) is 0 Å². The summed E-state index contributed by atoms with van der Waals surface area (Å²) >= 11 is 0. The molecule has 2 aliphatic heterocycles. The number of phenolic OH excluding ortho intramolecular Hbond substituents is 1. The molecule has 0 radical (unpaired) electrons. The molecule has 0 spiro atoms. The van der Waals surface area contributed by atoms with Crippen molar-refractivity contribution in [2.24, 2.45) is 0 Å². The van der Waals surface area contributed by atoms with Crippen LogP contribution in [-0.2, 0) is 0 Å². The van der Waals surface area contributed by atoms with Crippen LogP contribution in [0.2, 0.25) is 0 Å². The fraction of sp³-hybridized carbons (Fsp3) is 0.429. The van der Waals surface area contributed by atoms with E-state index < -0.39 is 0 Å². The summed E-state index contributed by atoms with van der Waals surface area (Å²) < 4.78 is 5.92. The molecule has 0 amide bonds. The molecule has 33 heavy (non-hydrogen) atoms. The second kappa shape index (κ2) is 14.2. The Kier molecular flexibility index (Phi) is 11.3. The Balaban J connectivity index is 0.000000192. The molecule has 0 aromatic heterocycles. The number of hydrogen-bond donors (Lipinski definition) is 2. The Hall–Kier alpha value is -2.96. The summed E-state index contributed by atoms with van der Waals surface area (Å²) in [7, 11) is 4.24. The highest BCUT2D eigenvalue weighted by Crippen LogP contribution is 2.19. The third kappa shape index (κ3) is 10.5. The second-order valence-electron chi connectivity index (χ2n) is 8.52. The minimum Gasteiger partial charge on any atom is -0.508 e. The van der Waals surface area contributed by atoms with Crippen molar-refractivity contribution in [1.29, 1.82) is 0 Å². The van der Waals surface area contributed by atoms with Gasteiger partial charge in [-0.1, -0.05) is 24.0 Å². The maximum Gasteiger partial charge on any atom is 0.120 e. The number of nitrogens with zero attached hydrogens (tertiary/aromatic N) is 2. The van der Waals surface area contributed by atoms with Gasteiger partial charge in [-0.25, -0.2) is 0 Å². The van der Waals surface area contributed by atoms with E-state index in [0.717, 1.165) is 63.2 Å². The third-order valence-electron chi connectivity index (χ3n) is 5.67. The number of rotatable bonds is 2. The molecular weight excluding hydrogens is 412 g/mol. The van der Waals surface area contributed by atoms with Crippen molar-refractivity contribution >= 4 is 0 Å². The summed E-state index contributed by atoms with van der Waals surface area (Å²) in [6, 6.07) is 14.4. The molecule has 5 heteroatoms. The van der Waals surface area contributed by atoms with Crippen molar-refractivity contribution in [3.05, 3.63) is 59.7 Å². The number of benzene rings is 2. The first-order chi connectivity index (χ1) is 15.9. The standard InChI is InChI=1S/C14H17NO.C8H6O.C6H13NO/c1-3-12-5-4-6-14(11-12)16-13-7-9-15(2)10-8-13;1-2-7-4-3-5-8(9)6-7;1-7-4-2-6(8)3-5-7/h1,4-6,11,13H,7-10H2,2H3;1,3-6,9H;6,8H,2-5H2,1H3. The summed E-state index contributed by atoms with van der Waals surface area (Å²) in [6.07, 6.45) is 14.8. The van der Waals surface area contributed by atoms with Crippen molar-refractivity contribution < 1.29 is 14.9 Å². The average molecular weight is 449 g/mol. The predicted molar refractivity (Wildman–Crippen MR) is 134 cm³/mol. The van der Waals surface area contributed by atoms with Crippen LogP contribution >= 0.6 is 0 Å². The van der Waals surface area contributed by atoms with Gasteiger partial charge in [-0.2, -0.15) is 0 Å². The van der Waals surface area contributed by atoms with Crippen LogP contribution in [0.1, 0.15) is 36.8 Å². The molecule has 0 aliphatic carbocycles. The number of hydrogen-bond acceptors (Lipinski definition) is 5. The van der Waals surface area contributed by atoms with Crippen molar-refractivity contribution in [1.82, 2.24) is 9.80 Å². The van der Waals surface area contributed by atoms with Crippen LogP contribution in [0.3, 0.4) is 0 Å². The lowest BCUT2D eigenvalue weighted by Gasteiger charge is -2.29. The number of aromatic hydroxyl groups is 1. The van der Waals surface area contributed by atoms with Crippen LogP contribution in [0.4, 0.5) is 0 Å². The maximum absolute atomic E-state index is 9.00. The van der Waals surface area contributed by atoms with Crippen LogP contribution in [0.15, 0.2) is 48.5 Å². The van der Waals surface area contributed by atoms with Crippen LogP contribution in [-0.4, -0.2) is 72.5 Å². The van der Waals surface area contributed by atoms with Crippen LogP contribution in [0, 0.1) is 24.7 Å². The summed E-state index contributed by atoms with van der Waals surface area (Å²) in [5.41, 5.74) is 1.58. The summed E-state index contributed by atoms with van der Waals surface area (Å²) in [5.74, 6) is 6.14. The molecule has 2 N–H and O–H groups in total. The summed E-state index contributed by atoms with van der Waals surface area (Å²) in [5, 5.41) is 17.8. The van der Waals surface area contributed by atoms with E-state index >= 15 is 0 Å². The first kappa shape index (κ1) is 26.3. The van der Waals surface area contributed by atoms with Crippen molar-refractivity contribution in [2.45, 2.75) is 37.9 Å². The van der Waals surface area contributed by atoms with Gasteiger partial charge in [-0.15, -0.1) is 12.8 Å². The topological polar surface area (TPSA) is 56.2 Å². The molecule has 2 aromatic carbocycles. The minimum absolute atomic E-state index is 0.0220. The van der Waals surface area contributed by atoms with E-state index in [0.29, 0.717) is 11.7 Å². The molecule has 0 saturated carbocycles. The first-order valence-electron chi connectivity index (χ1n) is 11.4. The van der Waals surface area contributed by atoms with E-state index in [1.54, 1.807) is 24.3 Å². The molecule has 176 valence electrons. The quantitative estimate of drug-likeness (QED) is 0.688. The number of likely N-dealkylation sites (tertiary alicyclic amines) is 2. The van der Waals surface area contributed by atoms with Crippen molar-refractivity contribution in [3.63, 3.8) is 0 Å². The number of ether oxygens (including phenoxy) is 1. The van der Waals surface area contributed by atoms with Gasteiger partial charge in [0.2, 0.25) is 0 Å². The largest absolute Gasteiger partial charge is 0.508 e. The van der Waals surface area contributed by atoms with Crippen molar-refractivity contribution in [3.8, 4) is 36.2 Å². The SMILES string of the molecule is C#Cc1cccc(O)c1.C#Cc1cccc(OC2CCN(C)CC2)c1.CN1CCC(O)CC1. The van der Waals surface area contributed by atoms with Crippen LogP contribution in [0.5, 0.6) is 11.5 Å². The molecule has 2 saturated heterocycles. The molecule has 2 heterocycles. The number of aliphatic hydroxyl groups is 1. The molecule has 5 nitrogen and oxygen atoms in total. The Bertz CT molecular complexity index is 905. The van der Waals surface area contributed by atoms with E-state index in [-0.39, 0.29) is 11.9 Å². The number of terminal acetylenes is 2. The Morgan fingerprint density at radius 3 is 1.82 bits per heavy atom. The lowest BCUT2D eigenvalue weighted by molar-refractivity contribution is 0.0942. The minimum atomic E-state index is -0.0220. The number of piperidine rings is 2. The lowest BCUT2D eigenvalue weighted by Crippen LogP contribution is -2.35. The van der Waals surface area contributed by atoms with Gasteiger partial charge >= 0.3 is 0 Å². The van der Waals surface area contributed by atoms with E-state index in [1.165, 1.54) is 0 Å². The Labute approximate surface area is 199 Å². The van der Waals surface area contributed by atoms with Gasteiger partial charge in [0.1, 0.15) is 17.6 Å². The highest BCUT2D eigenvalue weighted by molar-refractivity contribution is 5.38. The zero-order chi connectivity index (χ0) is 24.1. The molecule has 2 fully saturated rings. The average Bonchev–Trinajstić information content (AvgIpc) is 2.83. The molecule has 2 aliphatic rings. The van der Waals surface area contributed by atoms with Crippen LogP contribution < -0.4 is 4.74 Å². The summed E-state index contributed by atoms with van der Waals surface area (Å²) in [4.78, 5) is 4.57. The normalized spacial score (nSPS) is 17.4. The fourth-order valence-electron chi connectivity index (χ4n) is 3.55. The summed E-state index contributed by atoms with van der Waals surface area (Å²) in [6.45, 7) is 4.33. The molecule has 0 bridgehead atoms. The molecule has 2 aromatic rings. The monoisotopic (exact) mass is 448 g/mol. The van der Waals surface area contributed by atoms with E-state index in [2.05, 4.69) is 35.7 Å². The van der Waals surface area contributed by atoms with Crippen LogP contribution in [0.25, 0.3) is 0 Å². The maximum atomic E-state index is 9.00. The third-order valence-corrected chi connectivity index (χ3v) is 5.67. The van der Waals surface area contributed by atoms with Gasteiger partial charge in [0.15, 0.2) is 0 Å². The first-order valence-corrected chi connectivity index (χ1v) is 11.4. The van der Waals surface area contributed by atoms with Gasteiger partial charge in [0.05, 0.1) is 6.10 Å². The fourth-order valence-corrected chi connectivity index (χ4v) is 3.55. The molecular formula is C28H36N2O3. The predicted octanol–water partition coefficient (Wildman–Crippen LogP) is 3.59. The zero-order valence-corrected chi connectivity index (χ0v) is 19.8. The van der Waals surface area contributed by atoms with Crippen molar-refractivity contribution in [2.75, 3.05) is 40.3 Å². The smallest absolute Gasteiger partial charge is 0.120 e. The second-order valence-corrected chi connectivity index (χ2v) is 8.52. The molecule has 4 rings (SSSR count). The Morgan fingerprint density at radius 2 is 1.33 bits per heavy atom.